The molecule has 1 aromatic carbocycles. The molecule has 16 heavy (non-hydrogen) atoms. The summed E-state index contributed by atoms with van der Waals surface area (Å²) in [5, 5.41) is 0. The molecule has 1 aliphatic heterocycles. The molecule has 0 aromatic heterocycles. The van der Waals surface area contributed by atoms with E-state index >= 15 is 0 Å². The lowest BCUT2D eigenvalue weighted by Crippen LogP contribution is -2.02. The van der Waals surface area contributed by atoms with Gasteiger partial charge in [0, 0.05) is 0 Å². The van der Waals surface area contributed by atoms with Gasteiger partial charge >= 0.3 is 0 Å². The van der Waals surface area contributed by atoms with E-state index in [1.165, 1.54) is 0 Å². The number of halogens is 1. The molecule has 0 saturated heterocycles. The highest BCUT2D eigenvalue weighted by Crippen LogP contribution is 2.46. The summed E-state index contributed by atoms with van der Waals surface area (Å²) in [6.45, 7) is 0.923. The number of methoxy groups -OCH3 is 1. The monoisotopic (exact) mass is 287 g/mol. The van der Waals surface area contributed by atoms with Gasteiger partial charge < -0.3 is 19.9 Å². The number of fused-ring (bicyclic) bond motifs is 1. The number of aryl methyl sites for hydroxylation is 1. The molecule has 0 bridgehead atoms. The zero-order chi connectivity index (χ0) is 11.5. The number of rotatable bonds is 4. The highest BCUT2D eigenvalue weighted by molar-refractivity contribution is 9.10. The first-order chi connectivity index (χ1) is 7.77. The predicted octanol–water partition coefficient (Wildman–Crippen LogP) is 2.08. The van der Waals surface area contributed by atoms with E-state index in [1.54, 1.807) is 7.11 Å². The van der Waals surface area contributed by atoms with Gasteiger partial charge in [-0.1, -0.05) is 0 Å². The summed E-state index contributed by atoms with van der Waals surface area (Å²) < 4.78 is 16.9. The molecule has 88 valence electrons. The molecule has 0 unspecified atom stereocenters. The fourth-order valence-electron chi connectivity index (χ4n) is 1.73. The summed E-state index contributed by atoms with van der Waals surface area (Å²) in [5.74, 6) is 2.28. The number of hydrogen-bond donors (Lipinski definition) is 1. The summed E-state index contributed by atoms with van der Waals surface area (Å²) >= 11 is 3.47. The van der Waals surface area contributed by atoms with Crippen molar-refractivity contribution < 1.29 is 14.2 Å². The molecule has 0 saturated carbocycles. The van der Waals surface area contributed by atoms with Gasteiger partial charge in [0.1, 0.15) is 10.2 Å². The highest BCUT2D eigenvalue weighted by Gasteiger charge is 2.23. The van der Waals surface area contributed by atoms with E-state index in [0.29, 0.717) is 12.3 Å². The molecule has 2 rings (SSSR count). The summed E-state index contributed by atoms with van der Waals surface area (Å²) in [6.07, 6.45) is 1.79. The third kappa shape index (κ3) is 1.97. The van der Waals surface area contributed by atoms with Crippen LogP contribution in [0.1, 0.15) is 12.0 Å². The van der Waals surface area contributed by atoms with Crippen LogP contribution in [-0.4, -0.2) is 20.4 Å². The summed E-state index contributed by atoms with van der Waals surface area (Å²) in [5.41, 5.74) is 6.60. The van der Waals surface area contributed by atoms with Crippen LogP contribution in [0.25, 0.3) is 0 Å². The fraction of sp³-hybridized carbons (Fsp3) is 0.455. The Morgan fingerprint density at radius 3 is 3.00 bits per heavy atom. The highest BCUT2D eigenvalue weighted by atomic mass is 79.9. The minimum atomic E-state index is 0.261. The van der Waals surface area contributed by atoms with Gasteiger partial charge in [-0.05, 0) is 46.9 Å². The van der Waals surface area contributed by atoms with E-state index in [2.05, 4.69) is 15.9 Å². The molecule has 1 aliphatic rings. The first kappa shape index (κ1) is 11.5. The Kier molecular flexibility index (Phi) is 3.56. The van der Waals surface area contributed by atoms with Crippen molar-refractivity contribution in [3.63, 3.8) is 0 Å². The lowest BCUT2D eigenvalue weighted by Gasteiger charge is -2.12. The largest absolute Gasteiger partial charge is 0.495 e. The quantitative estimate of drug-likeness (QED) is 0.921. The Balaban J connectivity index is 2.39. The average Bonchev–Trinajstić information content (AvgIpc) is 2.75. The van der Waals surface area contributed by atoms with Gasteiger partial charge in [0.05, 0.1) is 7.11 Å². The zero-order valence-electron chi connectivity index (χ0n) is 9.09. The van der Waals surface area contributed by atoms with Crippen LogP contribution < -0.4 is 19.9 Å². The van der Waals surface area contributed by atoms with Gasteiger partial charge in [-0.25, -0.2) is 0 Å². The summed E-state index contributed by atoms with van der Waals surface area (Å²) in [4.78, 5) is 0. The Bertz CT molecular complexity index is 395. The third-order valence-electron chi connectivity index (χ3n) is 2.49. The van der Waals surface area contributed by atoms with Crippen molar-refractivity contribution in [3.05, 3.63) is 16.1 Å². The maximum absolute atomic E-state index is 5.51. The van der Waals surface area contributed by atoms with Crippen LogP contribution in [0.15, 0.2) is 10.5 Å². The maximum atomic E-state index is 5.51. The van der Waals surface area contributed by atoms with E-state index in [-0.39, 0.29) is 6.79 Å². The van der Waals surface area contributed by atoms with Crippen LogP contribution in [0.2, 0.25) is 0 Å². The van der Waals surface area contributed by atoms with Crippen molar-refractivity contribution in [1.29, 1.82) is 0 Å². The molecular weight excluding hydrogens is 274 g/mol. The topological polar surface area (TPSA) is 53.7 Å². The molecule has 0 aliphatic carbocycles. The van der Waals surface area contributed by atoms with Crippen LogP contribution in [0, 0.1) is 0 Å². The fourth-order valence-corrected chi connectivity index (χ4v) is 2.46. The van der Waals surface area contributed by atoms with Crippen molar-refractivity contribution in [2.75, 3.05) is 20.4 Å². The second-order valence-electron chi connectivity index (χ2n) is 3.51. The first-order valence-electron chi connectivity index (χ1n) is 5.13. The molecule has 0 spiro atoms. The summed E-state index contributed by atoms with van der Waals surface area (Å²) in [6, 6.07) is 1.96. The maximum Gasteiger partial charge on any atom is 0.231 e. The minimum absolute atomic E-state index is 0.261. The van der Waals surface area contributed by atoms with E-state index < -0.39 is 0 Å². The van der Waals surface area contributed by atoms with Crippen LogP contribution >= 0.6 is 15.9 Å². The van der Waals surface area contributed by atoms with Gasteiger partial charge in [-0.15, -0.1) is 0 Å². The van der Waals surface area contributed by atoms with E-state index in [4.69, 9.17) is 19.9 Å². The minimum Gasteiger partial charge on any atom is -0.495 e. The number of hydrogen-bond acceptors (Lipinski definition) is 4. The number of ether oxygens (including phenoxy) is 3. The molecule has 1 aromatic rings. The van der Waals surface area contributed by atoms with Gasteiger partial charge in [-0.2, -0.15) is 0 Å². The normalized spacial score (nSPS) is 12.9. The SMILES string of the molecule is COc1c(CCCN)cc2c(c1Br)OCO2. The molecule has 1 heterocycles. The number of benzene rings is 1. The molecule has 4 nitrogen and oxygen atoms in total. The van der Waals surface area contributed by atoms with Crippen LogP contribution in [0.4, 0.5) is 0 Å². The van der Waals surface area contributed by atoms with E-state index in [9.17, 15) is 0 Å². The lowest BCUT2D eigenvalue weighted by molar-refractivity contribution is 0.173. The van der Waals surface area contributed by atoms with Crippen molar-refractivity contribution >= 4 is 15.9 Å². The van der Waals surface area contributed by atoms with Crippen molar-refractivity contribution in [2.24, 2.45) is 5.73 Å². The Labute approximate surface area is 103 Å². The molecule has 0 amide bonds. The smallest absolute Gasteiger partial charge is 0.231 e. The molecular formula is C11H14BrNO3. The van der Waals surface area contributed by atoms with Crippen LogP contribution in [0.3, 0.4) is 0 Å². The molecule has 2 N–H and O–H groups in total. The van der Waals surface area contributed by atoms with Crippen molar-refractivity contribution in [1.82, 2.24) is 0 Å². The average molecular weight is 288 g/mol. The van der Waals surface area contributed by atoms with E-state index in [0.717, 1.165) is 34.4 Å². The lowest BCUT2D eigenvalue weighted by atomic mass is 10.1. The Hall–Kier alpha value is -0.940. The van der Waals surface area contributed by atoms with Crippen LogP contribution in [0.5, 0.6) is 17.2 Å². The second-order valence-corrected chi connectivity index (χ2v) is 4.30. The predicted molar refractivity (Wildman–Crippen MR) is 64.2 cm³/mol. The van der Waals surface area contributed by atoms with Crippen LogP contribution in [-0.2, 0) is 6.42 Å². The molecule has 0 radical (unpaired) electrons. The standard InChI is InChI=1S/C11H14BrNO3/c1-14-10-7(3-2-4-13)5-8-11(9(10)12)16-6-15-8/h5H,2-4,6,13H2,1H3. The Morgan fingerprint density at radius 2 is 2.31 bits per heavy atom. The zero-order valence-corrected chi connectivity index (χ0v) is 10.7. The molecule has 5 heteroatoms. The first-order valence-corrected chi connectivity index (χ1v) is 5.92. The van der Waals surface area contributed by atoms with Crippen molar-refractivity contribution in [3.8, 4) is 17.2 Å². The molecule has 0 atom stereocenters. The summed E-state index contributed by atoms with van der Waals surface area (Å²) in [7, 11) is 1.65. The van der Waals surface area contributed by atoms with Gasteiger partial charge in [-0.3, -0.25) is 0 Å². The molecule has 0 fully saturated rings. The van der Waals surface area contributed by atoms with Gasteiger partial charge in [0.25, 0.3) is 0 Å². The second kappa shape index (κ2) is 4.93. The number of nitrogens with two attached hydrogens (primary N) is 1. The third-order valence-corrected chi connectivity index (χ3v) is 3.21. The Morgan fingerprint density at radius 1 is 1.50 bits per heavy atom. The van der Waals surface area contributed by atoms with Crippen molar-refractivity contribution in [2.45, 2.75) is 12.8 Å². The van der Waals surface area contributed by atoms with Gasteiger partial charge in [0.15, 0.2) is 11.5 Å². The van der Waals surface area contributed by atoms with Gasteiger partial charge in [0.2, 0.25) is 6.79 Å². The van der Waals surface area contributed by atoms with E-state index in [1.807, 2.05) is 6.07 Å².